The molecular formula is C17H13Cl2N3O3. The fourth-order valence-electron chi connectivity index (χ4n) is 2.16. The van der Waals surface area contributed by atoms with Crippen LogP contribution in [0.1, 0.15) is 17.3 Å². The number of halogens is 2. The van der Waals surface area contributed by atoms with E-state index in [2.05, 4.69) is 15.3 Å². The largest absolute Gasteiger partial charge is 0.449 e. The Morgan fingerprint density at radius 2 is 1.96 bits per heavy atom. The lowest BCUT2D eigenvalue weighted by atomic mass is 10.2. The predicted molar refractivity (Wildman–Crippen MR) is 96.1 cm³/mol. The Labute approximate surface area is 153 Å². The van der Waals surface area contributed by atoms with Crippen LogP contribution in [0.3, 0.4) is 0 Å². The number of hydrogen-bond acceptors (Lipinski definition) is 4. The molecule has 1 aromatic heterocycles. The number of aromatic amines is 1. The van der Waals surface area contributed by atoms with Gasteiger partial charge < -0.3 is 15.0 Å². The highest BCUT2D eigenvalue weighted by molar-refractivity contribution is 6.42. The van der Waals surface area contributed by atoms with Crippen LogP contribution < -0.4 is 5.32 Å². The number of ether oxygens (including phenoxy) is 1. The molecule has 1 unspecified atom stereocenters. The Morgan fingerprint density at radius 3 is 2.72 bits per heavy atom. The van der Waals surface area contributed by atoms with Gasteiger partial charge in [-0.25, -0.2) is 9.78 Å². The molecule has 1 heterocycles. The Balaban J connectivity index is 1.65. The zero-order valence-electron chi connectivity index (χ0n) is 13.0. The van der Waals surface area contributed by atoms with Crippen LogP contribution in [0.4, 0.5) is 5.69 Å². The van der Waals surface area contributed by atoms with Crippen molar-refractivity contribution in [2.75, 3.05) is 5.32 Å². The van der Waals surface area contributed by atoms with Crippen LogP contribution in [0, 0.1) is 0 Å². The number of esters is 1. The number of rotatable bonds is 4. The third-order valence-corrected chi connectivity index (χ3v) is 4.24. The minimum Gasteiger partial charge on any atom is -0.449 e. The molecule has 0 spiro atoms. The molecule has 0 radical (unpaired) electrons. The van der Waals surface area contributed by atoms with Crippen molar-refractivity contribution < 1.29 is 14.3 Å². The molecule has 3 aromatic rings. The molecular weight excluding hydrogens is 365 g/mol. The summed E-state index contributed by atoms with van der Waals surface area (Å²) in [5, 5.41) is 3.32. The Kier molecular flexibility index (Phi) is 4.92. The van der Waals surface area contributed by atoms with E-state index < -0.39 is 18.0 Å². The fraction of sp³-hybridized carbons (Fsp3) is 0.118. The number of hydrogen-bond donors (Lipinski definition) is 2. The molecule has 1 atom stereocenters. The molecule has 2 aromatic carbocycles. The molecule has 2 N–H and O–H groups in total. The van der Waals surface area contributed by atoms with Crippen molar-refractivity contribution in [2.24, 2.45) is 0 Å². The summed E-state index contributed by atoms with van der Waals surface area (Å²) in [6, 6.07) is 9.59. The normalized spacial score (nSPS) is 12.0. The molecule has 0 fully saturated rings. The number of nitrogens with zero attached hydrogens (tertiary/aromatic N) is 1. The molecule has 0 aliphatic heterocycles. The van der Waals surface area contributed by atoms with Crippen LogP contribution in [0.5, 0.6) is 0 Å². The van der Waals surface area contributed by atoms with Gasteiger partial charge in [0.25, 0.3) is 5.91 Å². The van der Waals surface area contributed by atoms with Crippen molar-refractivity contribution in [2.45, 2.75) is 13.0 Å². The van der Waals surface area contributed by atoms with Gasteiger partial charge in [-0.2, -0.15) is 0 Å². The summed E-state index contributed by atoms with van der Waals surface area (Å²) in [5.74, 6) is -1.08. The summed E-state index contributed by atoms with van der Waals surface area (Å²) in [6.45, 7) is 1.49. The molecule has 0 saturated heterocycles. The lowest BCUT2D eigenvalue weighted by molar-refractivity contribution is -0.123. The average Bonchev–Trinajstić information content (AvgIpc) is 3.05. The molecule has 0 bridgehead atoms. The van der Waals surface area contributed by atoms with Gasteiger partial charge in [0, 0.05) is 5.69 Å². The Hall–Kier alpha value is -2.57. The van der Waals surface area contributed by atoms with Crippen LogP contribution in [-0.4, -0.2) is 27.9 Å². The molecule has 8 heteroatoms. The minimum atomic E-state index is -0.987. The molecule has 128 valence electrons. The number of nitrogens with one attached hydrogen (secondary N) is 2. The first-order valence-corrected chi connectivity index (χ1v) is 8.09. The molecule has 0 aliphatic carbocycles. The second-order valence-electron chi connectivity index (χ2n) is 5.30. The van der Waals surface area contributed by atoms with Crippen LogP contribution >= 0.6 is 23.2 Å². The molecule has 1 amide bonds. The second-order valence-corrected chi connectivity index (χ2v) is 6.11. The first-order chi connectivity index (χ1) is 11.9. The molecule has 0 saturated carbocycles. The molecule has 0 aliphatic rings. The predicted octanol–water partition coefficient (Wildman–Crippen LogP) is 4.05. The number of aromatic nitrogens is 2. The SMILES string of the molecule is CC(OC(=O)c1ccc2nc[nH]c2c1)C(=O)Nc1ccc(Cl)c(Cl)c1. The van der Waals surface area contributed by atoms with E-state index >= 15 is 0 Å². The van der Waals surface area contributed by atoms with Gasteiger partial charge in [-0.3, -0.25) is 4.79 Å². The lowest BCUT2D eigenvalue weighted by Gasteiger charge is -2.14. The van der Waals surface area contributed by atoms with Crippen molar-refractivity contribution >= 4 is 51.8 Å². The average molecular weight is 378 g/mol. The summed E-state index contributed by atoms with van der Waals surface area (Å²) >= 11 is 11.7. The summed E-state index contributed by atoms with van der Waals surface area (Å²) in [7, 11) is 0. The quantitative estimate of drug-likeness (QED) is 0.671. The van der Waals surface area contributed by atoms with Gasteiger partial charge in [-0.15, -0.1) is 0 Å². The number of carbonyl (C=O) groups is 2. The standard InChI is InChI=1S/C17H13Cl2N3O3/c1-9(16(23)22-11-3-4-12(18)13(19)7-11)25-17(24)10-2-5-14-15(6-10)21-8-20-14/h2-9H,1H3,(H,20,21)(H,22,23). The van der Waals surface area contributed by atoms with Gasteiger partial charge >= 0.3 is 5.97 Å². The van der Waals surface area contributed by atoms with E-state index in [1.165, 1.54) is 19.3 Å². The highest BCUT2D eigenvalue weighted by Gasteiger charge is 2.19. The van der Waals surface area contributed by atoms with E-state index in [1.54, 1.807) is 30.3 Å². The number of benzene rings is 2. The molecule has 25 heavy (non-hydrogen) atoms. The summed E-state index contributed by atoms with van der Waals surface area (Å²) in [6.07, 6.45) is 0.548. The van der Waals surface area contributed by atoms with E-state index in [0.29, 0.717) is 26.8 Å². The van der Waals surface area contributed by atoms with Crippen LogP contribution in [0.25, 0.3) is 11.0 Å². The second kappa shape index (κ2) is 7.13. The van der Waals surface area contributed by atoms with Crippen LogP contribution in [-0.2, 0) is 9.53 Å². The highest BCUT2D eigenvalue weighted by atomic mass is 35.5. The van der Waals surface area contributed by atoms with Crippen molar-refractivity contribution in [3.8, 4) is 0 Å². The zero-order chi connectivity index (χ0) is 18.0. The van der Waals surface area contributed by atoms with Crippen LogP contribution in [0.15, 0.2) is 42.7 Å². The fourth-order valence-corrected chi connectivity index (χ4v) is 2.46. The molecule has 3 rings (SSSR count). The van der Waals surface area contributed by atoms with E-state index in [-0.39, 0.29) is 0 Å². The third kappa shape index (κ3) is 3.92. The minimum absolute atomic E-state index is 0.317. The number of fused-ring (bicyclic) bond motifs is 1. The van der Waals surface area contributed by atoms with Crippen molar-refractivity contribution in [3.05, 3.63) is 58.3 Å². The van der Waals surface area contributed by atoms with Crippen molar-refractivity contribution in [1.29, 1.82) is 0 Å². The van der Waals surface area contributed by atoms with E-state index in [9.17, 15) is 9.59 Å². The molecule has 6 nitrogen and oxygen atoms in total. The van der Waals surface area contributed by atoms with E-state index in [4.69, 9.17) is 27.9 Å². The van der Waals surface area contributed by atoms with Crippen molar-refractivity contribution in [3.63, 3.8) is 0 Å². The number of amides is 1. The van der Waals surface area contributed by atoms with Gasteiger partial charge in [0.15, 0.2) is 6.10 Å². The summed E-state index contributed by atoms with van der Waals surface area (Å²) in [4.78, 5) is 31.4. The van der Waals surface area contributed by atoms with Crippen molar-refractivity contribution in [1.82, 2.24) is 9.97 Å². The highest BCUT2D eigenvalue weighted by Crippen LogP contribution is 2.25. The van der Waals surface area contributed by atoms with E-state index in [0.717, 1.165) is 5.52 Å². The monoisotopic (exact) mass is 377 g/mol. The number of carbonyl (C=O) groups excluding carboxylic acids is 2. The Morgan fingerprint density at radius 1 is 1.16 bits per heavy atom. The van der Waals surface area contributed by atoms with Gasteiger partial charge in [-0.05, 0) is 43.3 Å². The third-order valence-electron chi connectivity index (χ3n) is 3.50. The first kappa shape index (κ1) is 17.3. The van der Waals surface area contributed by atoms with Gasteiger partial charge in [0.05, 0.1) is 33.0 Å². The summed E-state index contributed by atoms with van der Waals surface area (Å²) in [5.41, 5.74) is 2.23. The van der Waals surface area contributed by atoms with Gasteiger partial charge in [0.1, 0.15) is 0 Å². The first-order valence-electron chi connectivity index (χ1n) is 7.34. The van der Waals surface area contributed by atoms with Gasteiger partial charge in [0.2, 0.25) is 0 Å². The van der Waals surface area contributed by atoms with E-state index in [1.807, 2.05) is 0 Å². The lowest BCUT2D eigenvalue weighted by Crippen LogP contribution is -2.30. The van der Waals surface area contributed by atoms with Crippen LogP contribution in [0.2, 0.25) is 10.0 Å². The maximum absolute atomic E-state index is 12.2. The summed E-state index contributed by atoms with van der Waals surface area (Å²) < 4.78 is 5.21. The Bertz CT molecular complexity index is 955. The topological polar surface area (TPSA) is 84.1 Å². The number of H-pyrrole nitrogens is 1. The zero-order valence-corrected chi connectivity index (χ0v) is 14.6. The number of imidazole rings is 1. The maximum atomic E-state index is 12.2. The smallest absolute Gasteiger partial charge is 0.338 e. The van der Waals surface area contributed by atoms with Gasteiger partial charge in [-0.1, -0.05) is 23.2 Å². The maximum Gasteiger partial charge on any atom is 0.338 e. The number of anilines is 1.